The zero-order valence-electron chi connectivity index (χ0n) is 18.0. The minimum Gasteiger partial charge on any atom is -0.480 e. The van der Waals surface area contributed by atoms with Crippen molar-refractivity contribution < 1.29 is 13.9 Å². The molecule has 160 valence electrons. The number of aryl methyl sites for hydroxylation is 2. The predicted octanol–water partition coefficient (Wildman–Crippen LogP) is 4.27. The van der Waals surface area contributed by atoms with E-state index < -0.39 is 6.10 Å². The monoisotopic (exact) mass is 418 g/mol. The number of para-hydroxylation sites is 1. The van der Waals surface area contributed by atoms with Crippen molar-refractivity contribution in [3.8, 4) is 5.75 Å². The van der Waals surface area contributed by atoms with E-state index in [2.05, 4.69) is 16.4 Å². The summed E-state index contributed by atoms with van der Waals surface area (Å²) < 4.78 is 11.4. The van der Waals surface area contributed by atoms with Crippen LogP contribution in [0.1, 0.15) is 30.5 Å². The van der Waals surface area contributed by atoms with E-state index in [0.717, 1.165) is 34.0 Å². The number of carbonyl (C=O) groups is 1. The Bertz CT molecular complexity index is 1300. The zero-order valence-corrected chi connectivity index (χ0v) is 18.0. The Morgan fingerprint density at radius 2 is 2.00 bits per heavy atom. The summed E-state index contributed by atoms with van der Waals surface area (Å²) in [5.74, 6) is 0.361. The molecule has 4 rings (SSSR count). The number of ether oxygens (including phenoxy) is 1. The first-order chi connectivity index (χ1) is 15.0. The van der Waals surface area contributed by atoms with E-state index in [0.29, 0.717) is 24.3 Å². The molecule has 0 unspecified atom stereocenters. The Labute approximate surface area is 180 Å². The molecule has 0 saturated carbocycles. The standard InChI is InChI=1S/C25H26N2O4/c1-4-17-13-23(28)31-22-12-15(2)11-21(24(17)22)30-16(3)25(29)26-10-9-18-14-27-20-8-6-5-7-19(18)20/h5-8,11-14,16,27H,4,9-10H2,1-3H3,(H,26,29)/t16-/m1/s1. The number of rotatable bonds is 7. The molecule has 6 nitrogen and oxygen atoms in total. The van der Waals surface area contributed by atoms with Crippen molar-refractivity contribution in [2.75, 3.05) is 6.54 Å². The van der Waals surface area contributed by atoms with Gasteiger partial charge in [-0.3, -0.25) is 4.79 Å². The lowest BCUT2D eigenvalue weighted by Crippen LogP contribution is -2.37. The van der Waals surface area contributed by atoms with Gasteiger partial charge in [0.1, 0.15) is 11.3 Å². The lowest BCUT2D eigenvalue weighted by atomic mass is 10.0. The minimum absolute atomic E-state index is 0.190. The highest BCUT2D eigenvalue weighted by atomic mass is 16.5. The quantitative estimate of drug-likeness (QED) is 0.439. The number of H-pyrrole nitrogens is 1. The van der Waals surface area contributed by atoms with E-state index in [9.17, 15) is 9.59 Å². The molecular formula is C25H26N2O4. The van der Waals surface area contributed by atoms with Gasteiger partial charge in [0.15, 0.2) is 6.10 Å². The third-order valence-electron chi connectivity index (χ3n) is 5.46. The Hall–Kier alpha value is -3.54. The summed E-state index contributed by atoms with van der Waals surface area (Å²) in [6, 6.07) is 13.3. The maximum atomic E-state index is 12.7. The minimum atomic E-state index is -0.690. The van der Waals surface area contributed by atoms with Crippen molar-refractivity contribution in [3.63, 3.8) is 0 Å². The van der Waals surface area contributed by atoms with Gasteiger partial charge in [0.25, 0.3) is 5.91 Å². The van der Waals surface area contributed by atoms with Crippen molar-refractivity contribution in [2.45, 2.75) is 39.7 Å². The Morgan fingerprint density at radius 1 is 1.19 bits per heavy atom. The summed E-state index contributed by atoms with van der Waals surface area (Å²) in [6.07, 6.45) is 2.67. The molecule has 1 amide bonds. The van der Waals surface area contributed by atoms with Crippen LogP contribution >= 0.6 is 0 Å². The first-order valence-corrected chi connectivity index (χ1v) is 10.5. The van der Waals surface area contributed by atoms with Crippen molar-refractivity contribution in [3.05, 3.63) is 75.8 Å². The van der Waals surface area contributed by atoms with Gasteiger partial charge in [-0.2, -0.15) is 0 Å². The van der Waals surface area contributed by atoms with Gasteiger partial charge in [0.05, 0.1) is 5.39 Å². The van der Waals surface area contributed by atoms with Crippen LogP contribution in [0, 0.1) is 6.92 Å². The average molecular weight is 418 g/mol. The van der Waals surface area contributed by atoms with Crippen molar-refractivity contribution in [1.29, 1.82) is 0 Å². The van der Waals surface area contributed by atoms with Crippen molar-refractivity contribution >= 4 is 27.8 Å². The summed E-state index contributed by atoms with van der Waals surface area (Å²) in [5.41, 5.74) is 4.08. The van der Waals surface area contributed by atoms with Crippen LogP contribution in [0.2, 0.25) is 0 Å². The van der Waals surface area contributed by atoms with Gasteiger partial charge in [-0.15, -0.1) is 0 Å². The fourth-order valence-electron chi connectivity index (χ4n) is 3.89. The average Bonchev–Trinajstić information content (AvgIpc) is 3.15. The second-order valence-corrected chi connectivity index (χ2v) is 7.74. The third kappa shape index (κ3) is 4.33. The van der Waals surface area contributed by atoms with Crippen LogP contribution in [-0.2, 0) is 17.6 Å². The fourth-order valence-corrected chi connectivity index (χ4v) is 3.89. The number of aromatic amines is 1. The molecule has 0 aliphatic carbocycles. The van der Waals surface area contributed by atoms with E-state index in [1.807, 2.05) is 50.4 Å². The lowest BCUT2D eigenvalue weighted by Gasteiger charge is -2.17. The number of nitrogens with one attached hydrogen (secondary N) is 2. The number of benzene rings is 2. The van der Waals surface area contributed by atoms with Crippen LogP contribution in [0.25, 0.3) is 21.9 Å². The van der Waals surface area contributed by atoms with Gasteiger partial charge in [-0.1, -0.05) is 25.1 Å². The molecule has 1 atom stereocenters. The molecule has 0 radical (unpaired) electrons. The lowest BCUT2D eigenvalue weighted by molar-refractivity contribution is -0.127. The van der Waals surface area contributed by atoms with Gasteiger partial charge >= 0.3 is 5.63 Å². The van der Waals surface area contributed by atoms with Crippen molar-refractivity contribution in [1.82, 2.24) is 10.3 Å². The molecule has 0 aliphatic heterocycles. The summed E-state index contributed by atoms with van der Waals surface area (Å²) in [7, 11) is 0. The first-order valence-electron chi connectivity index (χ1n) is 10.5. The highest BCUT2D eigenvalue weighted by Gasteiger charge is 2.18. The molecule has 6 heteroatoms. The fraction of sp³-hybridized carbons (Fsp3) is 0.280. The summed E-state index contributed by atoms with van der Waals surface area (Å²) in [4.78, 5) is 27.7. The topological polar surface area (TPSA) is 84.3 Å². The largest absolute Gasteiger partial charge is 0.480 e. The molecule has 4 aromatic rings. The molecule has 0 aliphatic rings. The van der Waals surface area contributed by atoms with E-state index in [-0.39, 0.29) is 11.5 Å². The van der Waals surface area contributed by atoms with Gasteiger partial charge in [0, 0.05) is 29.7 Å². The van der Waals surface area contributed by atoms with E-state index in [1.54, 1.807) is 6.92 Å². The zero-order chi connectivity index (χ0) is 22.0. The first kappa shape index (κ1) is 20.7. The maximum absolute atomic E-state index is 12.7. The third-order valence-corrected chi connectivity index (χ3v) is 5.46. The number of carbonyl (C=O) groups excluding carboxylic acids is 1. The Kier molecular flexibility index (Phi) is 5.80. The molecule has 2 heterocycles. The molecular weight excluding hydrogens is 392 g/mol. The molecule has 31 heavy (non-hydrogen) atoms. The maximum Gasteiger partial charge on any atom is 0.336 e. The highest BCUT2D eigenvalue weighted by molar-refractivity contribution is 5.88. The molecule has 2 aromatic carbocycles. The number of fused-ring (bicyclic) bond motifs is 2. The predicted molar refractivity (Wildman–Crippen MR) is 122 cm³/mol. The van der Waals surface area contributed by atoms with Crippen LogP contribution in [0.3, 0.4) is 0 Å². The van der Waals surface area contributed by atoms with Crippen LogP contribution in [0.4, 0.5) is 0 Å². The van der Waals surface area contributed by atoms with Gasteiger partial charge in [0.2, 0.25) is 0 Å². The SMILES string of the molecule is CCc1cc(=O)oc2cc(C)cc(O[C@H](C)C(=O)NCCc3c[nH]c4ccccc34)c12. The number of amides is 1. The van der Waals surface area contributed by atoms with E-state index >= 15 is 0 Å². The molecule has 2 N–H and O–H groups in total. The highest BCUT2D eigenvalue weighted by Crippen LogP contribution is 2.31. The Morgan fingerprint density at radius 3 is 2.81 bits per heavy atom. The van der Waals surface area contributed by atoms with Gasteiger partial charge in [-0.25, -0.2) is 4.79 Å². The van der Waals surface area contributed by atoms with Crippen LogP contribution in [-0.4, -0.2) is 23.5 Å². The van der Waals surface area contributed by atoms with Gasteiger partial charge < -0.3 is 19.5 Å². The molecule has 0 fully saturated rings. The second-order valence-electron chi connectivity index (χ2n) is 7.74. The van der Waals surface area contributed by atoms with E-state index in [4.69, 9.17) is 9.15 Å². The molecule has 2 aromatic heterocycles. The molecule has 0 saturated heterocycles. The summed E-state index contributed by atoms with van der Waals surface area (Å²) in [5, 5.41) is 4.86. The second kappa shape index (κ2) is 8.68. The molecule has 0 bridgehead atoms. The number of hydrogen-bond acceptors (Lipinski definition) is 4. The Balaban J connectivity index is 1.46. The van der Waals surface area contributed by atoms with Crippen LogP contribution in [0.15, 0.2) is 57.9 Å². The summed E-state index contributed by atoms with van der Waals surface area (Å²) >= 11 is 0. The number of hydrogen-bond donors (Lipinski definition) is 2. The normalized spacial score (nSPS) is 12.2. The smallest absolute Gasteiger partial charge is 0.336 e. The molecule has 0 spiro atoms. The van der Waals surface area contributed by atoms with Crippen molar-refractivity contribution in [2.24, 2.45) is 0 Å². The van der Waals surface area contributed by atoms with Gasteiger partial charge in [-0.05, 0) is 61.6 Å². The van der Waals surface area contributed by atoms with E-state index in [1.165, 1.54) is 11.5 Å². The van der Waals surface area contributed by atoms with Crippen LogP contribution < -0.4 is 15.7 Å². The van der Waals surface area contributed by atoms with Crippen LogP contribution in [0.5, 0.6) is 5.75 Å². The summed E-state index contributed by atoms with van der Waals surface area (Å²) in [6.45, 7) is 6.10. The number of aromatic nitrogens is 1.